The van der Waals surface area contributed by atoms with E-state index < -0.39 is 11.5 Å². The minimum Gasteiger partial charge on any atom is -0.493 e. The van der Waals surface area contributed by atoms with Gasteiger partial charge in [-0.3, -0.25) is 4.79 Å². The van der Waals surface area contributed by atoms with Crippen LogP contribution in [0.25, 0.3) is 0 Å². The summed E-state index contributed by atoms with van der Waals surface area (Å²) in [5, 5.41) is 24.9. The molecule has 0 radical (unpaired) electrons. The van der Waals surface area contributed by atoms with Crippen molar-refractivity contribution >= 4 is 34.7 Å². The van der Waals surface area contributed by atoms with Crippen LogP contribution in [0.3, 0.4) is 0 Å². The third kappa shape index (κ3) is 5.85. The first-order chi connectivity index (χ1) is 18.5. The first-order valence-electron chi connectivity index (χ1n) is 11.6. The highest BCUT2D eigenvalue weighted by molar-refractivity contribution is 14.1. The highest BCUT2D eigenvalue weighted by atomic mass is 127. The number of benzene rings is 4. The van der Waals surface area contributed by atoms with E-state index in [1.807, 2.05) is 30.3 Å². The molecule has 0 aromatic heterocycles. The van der Waals surface area contributed by atoms with E-state index in [1.165, 1.54) is 13.3 Å². The average Bonchev–Trinajstić information content (AvgIpc) is 2.96. The molecule has 0 aliphatic carbocycles. The fourth-order valence-electron chi connectivity index (χ4n) is 3.89. The second-order valence-corrected chi connectivity index (χ2v) is 9.40. The van der Waals surface area contributed by atoms with E-state index in [9.17, 15) is 15.2 Å². The van der Waals surface area contributed by atoms with Crippen LogP contribution in [0.2, 0.25) is 0 Å². The maximum absolute atomic E-state index is 13.2. The number of halogens is 1. The Morgan fingerprint density at radius 1 is 1.03 bits per heavy atom. The summed E-state index contributed by atoms with van der Waals surface area (Å²) in [7, 11) is 1.53. The number of carbonyl (C=O) groups excluding carboxylic acids is 1. The van der Waals surface area contributed by atoms with E-state index in [-0.39, 0.29) is 6.61 Å². The van der Waals surface area contributed by atoms with Crippen molar-refractivity contribution in [3.05, 3.63) is 128 Å². The zero-order valence-corrected chi connectivity index (χ0v) is 22.6. The van der Waals surface area contributed by atoms with E-state index in [1.54, 1.807) is 66.7 Å². The number of hydrogen-bond acceptors (Lipinski definition) is 6. The molecule has 0 bridgehead atoms. The van der Waals surface area contributed by atoms with E-state index in [0.29, 0.717) is 33.8 Å². The molecule has 0 atom stereocenters. The van der Waals surface area contributed by atoms with Crippen LogP contribution in [0.15, 0.2) is 102 Å². The SMILES string of the molecule is COc1cc(C=NNC(=O)C(O)(c2ccccc2)c2ccccc2)cc(I)c1OCc1ccccc1C#N. The fraction of sp³-hybridized carbons (Fsp3) is 0.100. The quantitative estimate of drug-likeness (QED) is 0.154. The van der Waals surface area contributed by atoms with Crippen LogP contribution >= 0.6 is 22.6 Å². The number of methoxy groups -OCH3 is 1. The molecule has 0 aliphatic rings. The van der Waals surface area contributed by atoms with E-state index in [2.05, 4.69) is 39.2 Å². The summed E-state index contributed by atoms with van der Waals surface area (Å²) in [6, 6.07) is 30.4. The van der Waals surface area contributed by atoms with Crippen molar-refractivity contribution in [1.29, 1.82) is 5.26 Å². The summed E-state index contributed by atoms with van der Waals surface area (Å²) in [6.45, 7) is 0.205. The summed E-state index contributed by atoms with van der Waals surface area (Å²) < 4.78 is 12.3. The highest BCUT2D eigenvalue weighted by Gasteiger charge is 2.39. The van der Waals surface area contributed by atoms with Crippen molar-refractivity contribution in [2.75, 3.05) is 7.11 Å². The Labute approximate surface area is 234 Å². The molecule has 8 heteroatoms. The Morgan fingerprint density at radius 3 is 2.24 bits per heavy atom. The van der Waals surface area contributed by atoms with Gasteiger partial charge in [0.1, 0.15) is 6.61 Å². The molecule has 0 heterocycles. The molecule has 0 aliphatic heterocycles. The second kappa shape index (κ2) is 12.4. The van der Waals surface area contributed by atoms with Crippen LogP contribution in [0, 0.1) is 14.9 Å². The molecule has 2 N–H and O–H groups in total. The van der Waals surface area contributed by atoms with Gasteiger partial charge in [-0.2, -0.15) is 10.4 Å². The maximum atomic E-state index is 13.2. The lowest BCUT2D eigenvalue weighted by Gasteiger charge is -2.27. The van der Waals surface area contributed by atoms with Gasteiger partial charge in [-0.1, -0.05) is 78.9 Å². The lowest BCUT2D eigenvalue weighted by atomic mass is 9.85. The van der Waals surface area contributed by atoms with Gasteiger partial charge < -0.3 is 14.6 Å². The van der Waals surface area contributed by atoms with Gasteiger partial charge in [0.25, 0.3) is 5.91 Å². The van der Waals surface area contributed by atoms with Crippen molar-refractivity contribution in [2.45, 2.75) is 12.2 Å². The summed E-state index contributed by atoms with van der Waals surface area (Å²) in [5.41, 5.74) is 3.37. The van der Waals surface area contributed by atoms with Gasteiger partial charge in [-0.05, 0) is 57.5 Å². The smallest absolute Gasteiger partial charge is 0.281 e. The lowest BCUT2D eigenvalue weighted by Crippen LogP contribution is -2.43. The Morgan fingerprint density at radius 2 is 1.63 bits per heavy atom. The predicted molar refractivity (Wildman–Crippen MR) is 153 cm³/mol. The second-order valence-electron chi connectivity index (χ2n) is 8.23. The third-order valence-electron chi connectivity index (χ3n) is 5.85. The van der Waals surface area contributed by atoms with Crippen LogP contribution in [0.4, 0.5) is 0 Å². The van der Waals surface area contributed by atoms with Gasteiger partial charge in [0.15, 0.2) is 17.1 Å². The molecular formula is C30H24IN3O4. The minimum atomic E-state index is -1.93. The van der Waals surface area contributed by atoms with E-state index in [0.717, 1.165) is 9.13 Å². The molecule has 0 spiro atoms. The molecule has 0 fully saturated rings. The summed E-state index contributed by atoms with van der Waals surface area (Å²) in [4.78, 5) is 13.2. The van der Waals surface area contributed by atoms with Crippen molar-refractivity contribution < 1.29 is 19.4 Å². The van der Waals surface area contributed by atoms with Crippen molar-refractivity contribution in [1.82, 2.24) is 5.43 Å². The number of nitriles is 1. The van der Waals surface area contributed by atoms with Crippen molar-refractivity contribution in [3.63, 3.8) is 0 Å². The number of ether oxygens (including phenoxy) is 2. The number of amides is 1. The van der Waals surface area contributed by atoms with Crippen LogP contribution < -0.4 is 14.9 Å². The zero-order valence-electron chi connectivity index (χ0n) is 20.5. The largest absolute Gasteiger partial charge is 0.493 e. The van der Waals surface area contributed by atoms with Crippen molar-refractivity contribution in [3.8, 4) is 17.6 Å². The molecule has 4 aromatic rings. The topological polar surface area (TPSA) is 104 Å². The molecule has 4 aromatic carbocycles. The first-order valence-corrected chi connectivity index (χ1v) is 12.7. The Balaban J connectivity index is 1.53. The average molecular weight is 617 g/mol. The number of hydrogen-bond donors (Lipinski definition) is 2. The van der Waals surface area contributed by atoms with Crippen LogP contribution in [0.1, 0.15) is 27.8 Å². The number of rotatable bonds is 9. The molecular weight excluding hydrogens is 593 g/mol. The van der Waals surface area contributed by atoms with Gasteiger partial charge in [-0.25, -0.2) is 5.43 Å². The van der Waals surface area contributed by atoms with Gasteiger partial charge >= 0.3 is 0 Å². The zero-order chi connectivity index (χ0) is 27.0. The molecule has 38 heavy (non-hydrogen) atoms. The fourth-order valence-corrected chi connectivity index (χ4v) is 4.67. The number of hydrazone groups is 1. The Bertz CT molecular complexity index is 1450. The van der Waals surface area contributed by atoms with Gasteiger partial charge in [0.2, 0.25) is 0 Å². The number of aliphatic hydroxyl groups is 1. The molecule has 0 saturated carbocycles. The van der Waals surface area contributed by atoms with Crippen LogP contribution in [-0.4, -0.2) is 24.3 Å². The number of carbonyl (C=O) groups is 1. The highest BCUT2D eigenvalue weighted by Crippen LogP contribution is 2.34. The predicted octanol–water partition coefficient (Wildman–Crippen LogP) is 5.14. The Kier molecular flexibility index (Phi) is 8.73. The lowest BCUT2D eigenvalue weighted by molar-refractivity contribution is -0.136. The molecule has 4 rings (SSSR count). The summed E-state index contributed by atoms with van der Waals surface area (Å²) in [6.07, 6.45) is 1.47. The van der Waals surface area contributed by atoms with E-state index >= 15 is 0 Å². The molecule has 7 nitrogen and oxygen atoms in total. The number of nitrogens with one attached hydrogen (secondary N) is 1. The monoisotopic (exact) mass is 617 g/mol. The van der Waals surface area contributed by atoms with Gasteiger partial charge in [0.05, 0.1) is 28.5 Å². The van der Waals surface area contributed by atoms with Crippen molar-refractivity contribution in [2.24, 2.45) is 5.10 Å². The molecule has 0 saturated heterocycles. The van der Waals surface area contributed by atoms with E-state index in [4.69, 9.17) is 9.47 Å². The minimum absolute atomic E-state index is 0.205. The molecule has 1 amide bonds. The van der Waals surface area contributed by atoms with Crippen LogP contribution in [0.5, 0.6) is 11.5 Å². The third-order valence-corrected chi connectivity index (χ3v) is 6.65. The summed E-state index contributed by atoms with van der Waals surface area (Å²) >= 11 is 2.13. The molecule has 190 valence electrons. The summed E-state index contributed by atoms with van der Waals surface area (Å²) in [5.74, 6) is 0.317. The standard InChI is InChI=1S/C30H24IN3O4/c1-37-27-17-21(16-26(31)28(27)38-20-23-11-9-8-10-22(23)18-32)19-33-34-29(35)30(36,24-12-4-2-5-13-24)25-14-6-3-7-15-25/h2-17,19,36H,20H2,1H3,(H,34,35). The maximum Gasteiger partial charge on any atom is 0.281 e. The van der Waals surface area contributed by atoms with Gasteiger partial charge in [0, 0.05) is 5.56 Å². The number of nitrogens with zero attached hydrogens (tertiary/aromatic N) is 2. The molecule has 0 unspecified atom stereocenters. The van der Waals surface area contributed by atoms with Crippen LogP contribution in [-0.2, 0) is 17.0 Å². The Hall–Kier alpha value is -4.20. The first kappa shape index (κ1) is 26.9. The van der Waals surface area contributed by atoms with Gasteiger partial charge in [-0.15, -0.1) is 0 Å². The normalized spacial score (nSPS) is 11.1.